The lowest BCUT2D eigenvalue weighted by Gasteiger charge is -2.33. The first-order valence-corrected chi connectivity index (χ1v) is 6.35. The second-order valence-corrected chi connectivity index (χ2v) is 5.41. The Labute approximate surface area is 102 Å². The van der Waals surface area contributed by atoms with Gasteiger partial charge in [-0.2, -0.15) is 0 Å². The Hall–Kier alpha value is -0.930. The Bertz CT molecular complexity index is 355. The topological polar surface area (TPSA) is 38.0 Å². The molecule has 1 aromatic rings. The van der Waals surface area contributed by atoms with Crippen molar-refractivity contribution in [3.63, 3.8) is 0 Å². The number of nitrogens with two attached hydrogens (primary N) is 1. The zero-order valence-electron chi connectivity index (χ0n) is 10.4. The van der Waals surface area contributed by atoms with Gasteiger partial charge in [-0.25, -0.2) is 4.39 Å². The summed E-state index contributed by atoms with van der Waals surface area (Å²) in [5, 5.41) is 0. The van der Waals surface area contributed by atoms with Gasteiger partial charge >= 0.3 is 0 Å². The molecule has 0 spiro atoms. The molecule has 0 aromatic heterocycles. The molecule has 3 N–H and O–H groups in total. The molecule has 94 valence electrons. The molecule has 1 aromatic carbocycles. The van der Waals surface area contributed by atoms with Gasteiger partial charge in [0.1, 0.15) is 5.82 Å². The Morgan fingerprint density at radius 1 is 1.29 bits per heavy atom. The molecule has 2 nitrogen and oxygen atoms in total. The van der Waals surface area contributed by atoms with E-state index in [-0.39, 0.29) is 17.3 Å². The predicted octanol–water partition coefficient (Wildman–Crippen LogP) is 2.78. The Kier molecular flexibility index (Phi) is 3.79. The normalized spacial score (nSPS) is 20.4. The summed E-state index contributed by atoms with van der Waals surface area (Å²) in [5.74, 6) is 5.51. The van der Waals surface area contributed by atoms with E-state index in [1.54, 1.807) is 0 Å². The highest BCUT2D eigenvalue weighted by atomic mass is 19.1. The zero-order chi connectivity index (χ0) is 12.3. The molecule has 1 atom stereocenters. The van der Waals surface area contributed by atoms with Gasteiger partial charge in [-0.05, 0) is 42.4 Å². The van der Waals surface area contributed by atoms with E-state index >= 15 is 0 Å². The molecule has 1 unspecified atom stereocenters. The largest absolute Gasteiger partial charge is 0.271 e. The van der Waals surface area contributed by atoms with Crippen LogP contribution in [0.15, 0.2) is 24.3 Å². The van der Waals surface area contributed by atoms with Crippen LogP contribution in [0.5, 0.6) is 0 Å². The quantitative estimate of drug-likeness (QED) is 0.623. The highest BCUT2D eigenvalue weighted by Gasteiger charge is 2.36. The van der Waals surface area contributed by atoms with E-state index in [0.717, 1.165) is 12.0 Å². The average Bonchev–Trinajstić information content (AvgIpc) is 2.76. The van der Waals surface area contributed by atoms with E-state index in [0.29, 0.717) is 0 Å². The van der Waals surface area contributed by atoms with E-state index in [9.17, 15) is 4.39 Å². The van der Waals surface area contributed by atoms with Crippen LogP contribution in [0, 0.1) is 11.2 Å². The fraction of sp³-hybridized carbons (Fsp3) is 0.571. The van der Waals surface area contributed by atoms with Crippen LogP contribution < -0.4 is 11.3 Å². The standard InChI is InChI=1S/C14H21FN2/c1-14(8-2-3-9-14)13(17-16)10-11-4-6-12(15)7-5-11/h4-7,13,17H,2-3,8-10,16H2,1H3. The second-order valence-electron chi connectivity index (χ2n) is 5.41. The maximum Gasteiger partial charge on any atom is 0.123 e. The van der Waals surface area contributed by atoms with E-state index in [2.05, 4.69) is 12.3 Å². The molecular weight excluding hydrogens is 215 g/mol. The fourth-order valence-electron chi connectivity index (χ4n) is 2.89. The van der Waals surface area contributed by atoms with Crippen molar-refractivity contribution in [2.75, 3.05) is 0 Å². The molecule has 0 heterocycles. The summed E-state index contributed by atoms with van der Waals surface area (Å²) in [6.45, 7) is 2.30. The average molecular weight is 236 g/mol. The first kappa shape index (κ1) is 12.5. The van der Waals surface area contributed by atoms with Crippen LogP contribution in [-0.2, 0) is 6.42 Å². The van der Waals surface area contributed by atoms with E-state index in [4.69, 9.17) is 5.84 Å². The number of rotatable bonds is 4. The van der Waals surface area contributed by atoms with Crippen molar-refractivity contribution in [2.24, 2.45) is 11.3 Å². The summed E-state index contributed by atoms with van der Waals surface area (Å²) in [6, 6.07) is 6.99. The van der Waals surface area contributed by atoms with E-state index in [1.807, 2.05) is 12.1 Å². The predicted molar refractivity (Wildman–Crippen MR) is 67.8 cm³/mol. The summed E-state index contributed by atoms with van der Waals surface area (Å²) in [7, 11) is 0. The molecule has 17 heavy (non-hydrogen) atoms. The number of benzene rings is 1. The highest BCUT2D eigenvalue weighted by Crippen LogP contribution is 2.41. The third-order valence-corrected chi connectivity index (χ3v) is 4.14. The third kappa shape index (κ3) is 2.85. The van der Waals surface area contributed by atoms with Crippen LogP contribution in [0.3, 0.4) is 0 Å². The van der Waals surface area contributed by atoms with Gasteiger partial charge in [-0.1, -0.05) is 31.9 Å². The lowest BCUT2D eigenvalue weighted by molar-refractivity contribution is 0.221. The van der Waals surface area contributed by atoms with Crippen LogP contribution in [0.2, 0.25) is 0 Å². The first-order chi connectivity index (χ1) is 8.14. The van der Waals surface area contributed by atoms with E-state index in [1.165, 1.54) is 37.8 Å². The van der Waals surface area contributed by atoms with Crippen molar-refractivity contribution in [3.8, 4) is 0 Å². The number of hydrogen-bond acceptors (Lipinski definition) is 2. The van der Waals surface area contributed by atoms with Gasteiger partial charge in [0.2, 0.25) is 0 Å². The van der Waals surface area contributed by atoms with Crippen LogP contribution >= 0.6 is 0 Å². The molecule has 0 radical (unpaired) electrons. The summed E-state index contributed by atoms with van der Waals surface area (Å²) in [4.78, 5) is 0. The minimum atomic E-state index is -0.182. The van der Waals surface area contributed by atoms with Crippen LogP contribution in [0.1, 0.15) is 38.2 Å². The Balaban J connectivity index is 2.06. The van der Waals surface area contributed by atoms with Crippen molar-refractivity contribution in [2.45, 2.75) is 45.1 Å². The monoisotopic (exact) mass is 236 g/mol. The lowest BCUT2D eigenvalue weighted by Crippen LogP contribution is -2.47. The van der Waals surface area contributed by atoms with Crippen molar-refractivity contribution >= 4 is 0 Å². The van der Waals surface area contributed by atoms with Gasteiger partial charge in [0, 0.05) is 6.04 Å². The molecular formula is C14H21FN2. The smallest absolute Gasteiger partial charge is 0.123 e. The molecule has 3 heteroatoms. The Morgan fingerprint density at radius 2 is 1.88 bits per heavy atom. The van der Waals surface area contributed by atoms with E-state index < -0.39 is 0 Å². The summed E-state index contributed by atoms with van der Waals surface area (Å²) in [6.07, 6.45) is 5.90. The minimum Gasteiger partial charge on any atom is -0.271 e. The van der Waals surface area contributed by atoms with Gasteiger partial charge in [-0.3, -0.25) is 11.3 Å². The second kappa shape index (κ2) is 5.15. The number of nitrogens with one attached hydrogen (secondary N) is 1. The maximum absolute atomic E-state index is 12.8. The minimum absolute atomic E-state index is 0.182. The molecule has 0 aliphatic heterocycles. The van der Waals surface area contributed by atoms with Gasteiger partial charge in [0.25, 0.3) is 0 Å². The summed E-state index contributed by atoms with van der Waals surface area (Å²) < 4.78 is 12.8. The molecule has 0 saturated heterocycles. The van der Waals surface area contributed by atoms with Crippen LogP contribution in [0.25, 0.3) is 0 Å². The van der Waals surface area contributed by atoms with Crippen molar-refractivity contribution in [1.29, 1.82) is 0 Å². The molecule has 1 fully saturated rings. The third-order valence-electron chi connectivity index (χ3n) is 4.14. The number of hydrogen-bond donors (Lipinski definition) is 2. The summed E-state index contributed by atoms with van der Waals surface area (Å²) >= 11 is 0. The van der Waals surface area contributed by atoms with Crippen molar-refractivity contribution < 1.29 is 4.39 Å². The molecule has 1 aliphatic rings. The van der Waals surface area contributed by atoms with Gasteiger partial charge in [0.15, 0.2) is 0 Å². The molecule has 0 amide bonds. The van der Waals surface area contributed by atoms with Crippen LogP contribution in [-0.4, -0.2) is 6.04 Å². The van der Waals surface area contributed by atoms with Gasteiger partial charge in [0.05, 0.1) is 0 Å². The molecule has 0 bridgehead atoms. The van der Waals surface area contributed by atoms with Gasteiger partial charge < -0.3 is 0 Å². The lowest BCUT2D eigenvalue weighted by atomic mass is 9.78. The molecule has 1 saturated carbocycles. The first-order valence-electron chi connectivity index (χ1n) is 6.35. The van der Waals surface area contributed by atoms with Crippen molar-refractivity contribution in [3.05, 3.63) is 35.6 Å². The van der Waals surface area contributed by atoms with Crippen LogP contribution in [0.4, 0.5) is 4.39 Å². The van der Waals surface area contributed by atoms with Gasteiger partial charge in [-0.15, -0.1) is 0 Å². The molecule has 1 aliphatic carbocycles. The van der Waals surface area contributed by atoms with Crippen molar-refractivity contribution in [1.82, 2.24) is 5.43 Å². The highest BCUT2D eigenvalue weighted by molar-refractivity contribution is 5.18. The summed E-state index contributed by atoms with van der Waals surface area (Å²) in [5.41, 5.74) is 4.38. The SMILES string of the molecule is CC1(C(Cc2ccc(F)cc2)NN)CCCC1. The number of halogens is 1. The zero-order valence-corrected chi connectivity index (χ0v) is 10.4. The molecule has 2 rings (SSSR count). The number of hydrazine groups is 1. The fourth-order valence-corrected chi connectivity index (χ4v) is 2.89. The maximum atomic E-state index is 12.8. The Morgan fingerprint density at radius 3 is 2.41 bits per heavy atom.